The number of hydrogen-bond acceptors (Lipinski definition) is 3. The first kappa shape index (κ1) is 15.4. The van der Waals surface area contributed by atoms with Crippen LogP contribution >= 0.6 is 0 Å². The van der Waals surface area contributed by atoms with Gasteiger partial charge in [0.05, 0.1) is 6.04 Å². The van der Waals surface area contributed by atoms with E-state index in [0.29, 0.717) is 19.1 Å². The van der Waals surface area contributed by atoms with Gasteiger partial charge in [-0.05, 0) is 26.3 Å². The monoisotopic (exact) mass is 230 g/mol. The molecule has 0 saturated carbocycles. The van der Waals surface area contributed by atoms with Gasteiger partial charge in [0.15, 0.2) is 0 Å². The number of carbonyl (C=O) groups excluding carboxylic acids is 1. The Hall–Kier alpha value is -0.610. The smallest absolute Gasteiger partial charge is 0.237 e. The lowest BCUT2D eigenvalue weighted by Gasteiger charge is -2.25. The first-order valence-electron chi connectivity index (χ1n) is 5.96. The lowest BCUT2D eigenvalue weighted by atomic mass is 10.2. The Bertz CT molecular complexity index is 195. The Morgan fingerprint density at radius 3 is 2.50 bits per heavy atom. The molecule has 0 radical (unpaired) electrons. The molecule has 0 aromatic rings. The number of methoxy groups -OCH3 is 1. The summed E-state index contributed by atoms with van der Waals surface area (Å²) in [6.45, 7) is 8.56. The van der Waals surface area contributed by atoms with Gasteiger partial charge in [-0.25, -0.2) is 0 Å². The van der Waals surface area contributed by atoms with Crippen LogP contribution in [0.2, 0.25) is 0 Å². The van der Waals surface area contributed by atoms with Crippen LogP contribution in [0.1, 0.15) is 27.2 Å². The van der Waals surface area contributed by atoms with Crippen LogP contribution < -0.4 is 5.32 Å². The van der Waals surface area contributed by atoms with Gasteiger partial charge in [-0.15, -0.1) is 0 Å². The number of carbonyl (C=O) groups is 1. The van der Waals surface area contributed by atoms with E-state index in [4.69, 9.17) is 4.74 Å². The summed E-state index contributed by atoms with van der Waals surface area (Å²) in [7, 11) is 3.65. The van der Waals surface area contributed by atoms with Crippen LogP contribution in [-0.2, 0) is 9.53 Å². The van der Waals surface area contributed by atoms with E-state index in [0.717, 1.165) is 13.0 Å². The van der Waals surface area contributed by atoms with Gasteiger partial charge in [0.2, 0.25) is 5.91 Å². The minimum atomic E-state index is -0.0649. The second-order valence-electron chi connectivity index (χ2n) is 4.65. The Morgan fingerprint density at radius 1 is 1.38 bits per heavy atom. The molecule has 0 saturated heterocycles. The van der Waals surface area contributed by atoms with E-state index in [2.05, 4.69) is 24.1 Å². The van der Waals surface area contributed by atoms with Gasteiger partial charge < -0.3 is 10.1 Å². The molecular weight excluding hydrogens is 204 g/mol. The molecule has 0 aliphatic heterocycles. The van der Waals surface area contributed by atoms with E-state index in [1.165, 1.54) is 0 Å². The molecule has 96 valence electrons. The molecule has 0 aromatic carbocycles. The molecule has 1 amide bonds. The maximum atomic E-state index is 11.7. The maximum Gasteiger partial charge on any atom is 0.237 e. The van der Waals surface area contributed by atoms with E-state index in [1.54, 1.807) is 7.11 Å². The highest BCUT2D eigenvalue weighted by Crippen LogP contribution is 2.01. The fourth-order valence-corrected chi connectivity index (χ4v) is 1.51. The van der Waals surface area contributed by atoms with E-state index in [-0.39, 0.29) is 11.9 Å². The van der Waals surface area contributed by atoms with Crippen LogP contribution in [-0.4, -0.2) is 50.7 Å². The second kappa shape index (κ2) is 8.53. The fraction of sp³-hybridized carbons (Fsp3) is 0.917. The Labute approximate surface area is 99.3 Å². The van der Waals surface area contributed by atoms with Crippen LogP contribution in [0.15, 0.2) is 0 Å². The molecule has 0 bridgehead atoms. The van der Waals surface area contributed by atoms with Gasteiger partial charge in [-0.2, -0.15) is 0 Å². The van der Waals surface area contributed by atoms with Crippen molar-refractivity contribution in [3.63, 3.8) is 0 Å². The number of hydrogen-bond donors (Lipinski definition) is 1. The van der Waals surface area contributed by atoms with Crippen LogP contribution in [0.4, 0.5) is 0 Å². The summed E-state index contributed by atoms with van der Waals surface area (Å²) in [6, 6.07) is -0.0649. The van der Waals surface area contributed by atoms with Crippen molar-refractivity contribution in [2.45, 2.75) is 33.2 Å². The summed E-state index contributed by atoms with van der Waals surface area (Å²) in [4.78, 5) is 13.8. The van der Waals surface area contributed by atoms with Crippen molar-refractivity contribution in [3.8, 4) is 0 Å². The van der Waals surface area contributed by atoms with Crippen molar-refractivity contribution in [2.24, 2.45) is 5.92 Å². The summed E-state index contributed by atoms with van der Waals surface area (Å²) in [5.74, 6) is 0.674. The average molecular weight is 230 g/mol. The molecule has 16 heavy (non-hydrogen) atoms. The molecule has 0 aromatic heterocycles. The highest BCUT2D eigenvalue weighted by molar-refractivity contribution is 5.81. The summed E-state index contributed by atoms with van der Waals surface area (Å²) in [6.07, 6.45) is 0.864. The average Bonchev–Trinajstić information content (AvgIpc) is 2.22. The number of nitrogens with one attached hydrogen (secondary N) is 1. The predicted octanol–water partition coefficient (Wildman–Crippen LogP) is 1.12. The number of likely N-dealkylation sites (N-methyl/N-ethyl adjacent to an activating group) is 1. The van der Waals surface area contributed by atoms with Crippen molar-refractivity contribution < 1.29 is 9.53 Å². The number of amides is 1. The Balaban J connectivity index is 3.79. The fourth-order valence-electron chi connectivity index (χ4n) is 1.51. The number of rotatable bonds is 8. The van der Waals surface area contributed by atoms with Crippen molar-refractivity contribution in [1.82, 2.24) is 10.2 Å². The van der Waals surface area contributed by atoms with Crippen LogP contribution in [0, 0.1) is 5.92 Å². The molecule has 0 aliphatic rings. The Morgan fingerprint density at radius 2 is 2.00 bits per heavy atom. The Kier molecular flexibility index (Phi) is 8.21. The van der Waals surface area contributed by atoms with E-state index in [1.807, 2.05) is 14.0 Å². The van der Waals surface area contributed by atoms with E-state index in [9.17, 15) is 4.79 Å². The SMILES string of the molecule is COCCCNC(=O)[C@H](C)N(C)CC(C)C. The van der Waals surface area contributed by atoms with E-state index >= 15 is 0 Å². The molecule has 0 spiro atoms. The third-order valence-corrected chi connectivity index (χ3v) is 2.52. The highest BCUT2D eigenvalue weighted by atomic mass is 16.5. The van der Waals surface area contributed by atoms with Crippen molar-refractivity contribution in [2.75, 3.05) is 33.9 Å². The highest BCUT2D eigenvalue weighted by Gasteiger charge is 2.17. The molecule has 1 N–H and O–H groups in total. The number of nitrogens with zero attached hydrogens (tertiary/aromatic N) is 1. The third kappa shape index (κ3) is 6.80. The molecule has 0 heterocycles. The second-order valence-corrected chi connectivity index (χ2v) is 4.65. The van der Waals surface area contributed by atoms with Gasteiger partial charge in [0, 0.05) is 26.8 Å². The van der Waals surface area contributed by atoms with Crippen LogP contribution in [0.3, 0.4) is 0 Å². The molecule has 0 fully saturated rings. The van der Waals surface area contributed by atoms with Crippen molar-refractivity contribution in [3.05, 3.63) is 0 Å². The minimum Gasteiger partial charge on any atom is -0.385 e. The largest absolute Gasteiger partial charge is 0.385 e. The summed E-state index contributed by atoms with van der Waals surface area (Å²) in [5, 5.41) is 2.91. The van der Waals surface area contributed by atoms with Gasteiger partial charge in [0.1, 0.15) is 0 Å². The zero-order valence-corrected chi connectivity index (χ0v) is 11.2. The third-order valence-electron chi connectivity index (χ3n) is 2.52. The summed E-state index contributed by atoms with van der Waals surface area (Å²) in [5.41, 5.74) is 0. The van der Waals surface area contributed by atoms with Crippen molar-refractivity contribution >= 4 is 5.91 Å². The molecule has 0 aliphatic carbocycles. The number of ether oxygens (including phenoxy) is 1. The molecular formula is C12H26N2O2. The summed E-state index contributed by atoms with van der Waals surface area (Å²) >= 11 is 0. The lowest BCUT2D eigenvalue weighted by molar-refractivity contribution is -0.125. The van der Waals surface area contributed by atoms with Gasteiger partial charge in [-0.3, -0.25) is 9.69 Å². The minimum absolute atomic E-state index is 0.0649. The molecule has 4 heteroatoms. The van der Waals surface area contributed by atoms with Gasteiger partial charge >= 0.3 is 0 Å². The first-order chi connectivity index (χ1) is 7.49. The quantitative estimate of drug-likeness (QED) is 0.635. The standard InChI is InChI=1S/C12H26N2O2/c1-10(2)9-14(4)11(3)12(15)13-7-6-8-16-5/h10-11H,6-9H2,1-5H3,(H,13,15)/t11-/m0/s1. The van der Waals surface area contributed by atoms with Gasteiger partial charge in [0.25, 0.3) is 0 Å². The van der Waals surface area contributed by atoms with Crippen LogP contribution in [0.25, 0.3) is 0 Å². The van der Waals surface area contributed by atoms with Gasteiger partial charge in [-0.1, -0.05) is 13.8 Å². The van der Waals surface area contributed by atoms with Crippen molar-refractivity contribution in [1.29, 1.82) is 0 Å². The zero-order valence-electron chi connectivity index (χ0n) is 11.2. The normalized spacial score (nSPS) is 13.2. The lowest BCUT2D eigenvalue weighted by Crippen LogP contribution is -2.44. The maximum absolute atomic E-state index is 11.7. The molecule has 4 nitrogen and oxygen atoms in total. The molecule has 0 unspecified atom stereocenters. The predicted molar refractivity (Wildman–Crippen MR) is 66.4 cm³/mol. The summed E-state index contributed by atoms with van der Waals surface area (Å²) < 4.78 is 4.92. The van der Waals surface area contributed by atoms with E-state index < -0.39 is 0 Å². The topological polar surface area (TPSA) is 41.6 Å². The zero-order chi connectivity index (χ0) is 12.6. The van der Waals surface area contributed by atoms with Crippen LogP contribution in [0.5, 0.6) is 0 Å². The molecule has 1 atom stereocenters. The first-order valence-corrected chi connectivity index (χ1v) is 5.96. The molecule has 0 rings (SSSR count).